The maximum absolute atomic E-state index is 15.5. The van der Waals surface area contributed by atoms with Gasteiger partial charge in [-0.15, -0.1) is 0 Å². The molecule has 1 heterocycles. The number of ether oxygens (including phenoxy) is 2. The van der Waals surface area contributed by atoms with E-state index >= 15 is 4.39 Å². The average molecular weight is 459 g/mol. The van der Waals surface area contributed by atoms with E-state index in [2.05, 4.69) is 0 Å². The summed E-state index contributed by atoms with van der Waals surface area (Å²) < 4.78 is 41.8. The quantitative estimate of drug-likeness (QED) is 0.578. The Morgan fingerprint density at radius 3 is 2.47 bits per heavy atom. The molecule has 32 heavy (non-hydrogen) atoms. The van der Waals surface area contributed by atoms with Crippen molar-refractivity contribution in [3.05, 3.63) is 81.9 Å². The van der Waals surface area contributed by atoms with Crippen LogP contribution >= 0.6 is 11.6 Å². The lowest BCUT2D eigenvalue weighted by Crippen LogP contribution is -2.41. The number of hydrogen-bond acceptors (Lipinski definition) is 4. The monoisotopic (exact) mass is 458 g/mol. The molecule has 0 radical (unpaired) electrons. The highest BCUT2D eigenvalue weighted by Gasteiger charge is 2.49. The highest BCUT2D eigenvalue weighted by atomic mass is 35.5. The van der Waals surface area contributed by atoms with Crippen molar-refractivity contribution in [2.45, 2.75) is 18.4 Å². The molecule has 1 aliphatic rings. The first-order chi connectivity index (χ1) is 15.3. The zero-order valence-electron chi connectivity index (χ0n) is 17.4. The minimum Gasteiger partial charge on any atom is -0.494 e. The molecule has 0 aromatic heterocycles. The lowest BCUT2D eigenvalue weighted by atomic mass is 9.77. The van der Waals surface area contributed by atoms with E-state index in [1.165, 1.54) is 19.2 Å². The Kier molecular flexibility index (Phi) is 5.56. The van der Waals surface area contributed by atoms with Crippen molar-refractivity contribution >= 4 is 17.5 Å². The molecule has 4 rings (SSSR count). The highest BCUT2D eigenvalue weighted by molar-refractivity contribution is 6.34. The van der Waals surface area contributed by atoms with Crippen LogP contribution in [0.25, 0.3) is 11.1 Å². The van der Waals surface area contributed by atoms with E-state index in [1.807, 2.05) is 37.3 Å². The van der Waals surface area contributed by atoms with Crippen LogP contribution < -0.4 is 20.9 Å². The zero-order chi connectivity index (χ0) is 23.2. The Labute approximate surface area is 188 Å². The Balaban J connectivity index is 2.07. The second kappa shape index (κ2) is 8.07. The van der Waals surface area contributed by atoms with Crippen LogP contribution in [0.2, 0.25) is 5.02 Å². The molecule has 1 aliphatic heterocycles. The predicted molar refractivity (Wildman–Crippen MR) is 118 cm³/mol. The van der Waals surface area contributed by atoms with Crippen LogP contribution in [0.3, 0.4) is 0 Å². The highest BCUT2D eigenvalue weighted by Crippen LogP contribution is 2.56. The third-order valence-electron chi connectivity index (χ3n) is 6.05. The van der Waals surface area contributed by atoms with Crippen molar-refractivity contribution in [3.63, 3.8) is 0 Å². The van der Waals surface area contributed by atoms with Crippen LogP contribution in [0.5, 0.6) is 11.5 Å². The first-order valence-corrected chi connectivity index (χ1v) is 10.3. The van der Waals surface area contributed by atoms with E-state index in [9.17, 15) is 9.18 Å². The Bertz CT molecular complexity index is 1220. The number of nitrogens with two attached hydrogens (primary N) is 2. The lowest BCUT2D eigenvalue weighted by molar-refractivity contribution is 0.0800. The number of carbonyl (C=O) groups is 1. The predicted octanol–water partition coefficient (Wildman–Crippen LogP) is 4.74. The van der Waals surface area contributed by atoms with Crippen molar-refractivity contribution in [2.24, 2.45) is 11.5 Å². The summed E-state index contributed by atoms with van der Waals surface area (Å²) in [5.74, 6) is -3.04. The van der Waals surface area contributed by atoms with Crippen molar-refractivity contribution in [1.29, 1.82) is 0 Å². The molecule has 3 aromatic carbocycles. The molecule has 8 heteroatoms. The number of benzene rings is 3. The third kappa shape index (κ3) is 3.12. The second-order valence-electron chi connectivity index (χ2n) is 7.61. The molecule has 5 nitrogen and oxygen atoms in total. The van der Waals surface area contributed by atoms with E-state index < -0.39 is 29.1 Å². The second-order valence-corrected chi connectivity index (χ2v) is 7.99. The average Bonchev–Trinajstić information content (AvgIpc) is 3.07. The number of rotatable bonds is 5. The molecular weight excluding hydrogens is 438 g/mol. The zero-order valence-corrected chi connectivity index (χ0v) is 18.2. The maximum atomic E-state index is 15.5. The van der Waals surface area contributed by atoms with Gasteiger partial charge >= 0.3 is 0 Å². The summed E-state index contributed by atoms with van der Waals surface area (Å²) in [7, 11) is 1.28. The Hall–Kier alpha value is -3.16. The van der Waals surface area contributed by atoms with Crippen molar-refractivity contribution in [1.82, 2.24) is 0 Å². The topological polar surface area (TPSA) is 87.6 Å². The smallest absolute Gasteiger partial charge is 0.249 e. The first kappa shape index (κ1) is 22.0. The Morgan fingerprint density at radius 1 is 1.19 bits per heavy atom. The maximum Gasteiger partial charge on any atom is 0.249 e. The normalized spacial score (nSPS) is 19.4. The van der Waals surface area contributed by atoms with Gasteiger partial charge in [-0.05, 0) is 17.7 Å². The summed E-state index contributed by atoms with van der Waals surface area (Å²) in [4.78, 5) is 12.2. The Morgan fingerprint density at radius 2 is 1.88 bits per heavy atom. The number of amides is 1. The van der Waals surface area contributed by atoms with Crippen LogP contribution in [0, 0.1) is 11.6 Å². The lowest BCUT2D eigenvalue weighted by Gasteiger charge is -2.32. The summed E-state index contributed by atoms with van der Waals surface area (Å²) in [5, 5.41) is -0.352. The fourth-order valence-corrected chi connectivity index (χ4v) is 4.67. The minimum atomic E-state index is -1.04. The summed E-state index contributed by atoms with van der Waals surface area (Å²) in [6.07, 6.45) is 0. The van der Waals surface area contributed by atoms with Gasteiger partial charge in [-0.1, -0.05) is 48.9 Å². The molecule has 0 aliphatic carbocycles. The number of hydrogen-bond donors (Lipinski definition) is 2. The molecule has 0 bridgehead atoms. The minimum absolute atomic E-state index is 0.00868. The van der Waals surface area contributed by atoms with Gasteiger partial charge in [-0.25, -0.2) is 8.78 Å². The van der Waals surface area contributed by atoms with Gasteiger partial charge in [0.2, 0.25) is 5.91 Å². The number of methoxy groups -OCH3 is 1. The van der Waals surface area contributed by atoms with E-state index in [0.717, 1.165) is 11.6 Å². The van der Waals surface area contributed by atoms with Gasteiger partial charge < -0.3 is 20.9 Å². The standard InChI is InChI=1S/C24H21ClF2N2O3/c1-12-18-17(32-24(12,11-28)13-6-4-3-5-7-13)10-15(26)21(25)20(18)19-14(23(29)30)8-9-16(31-2)22(19)27/h3-10,12H,11,28H2,1-2H3,(H2,29,30)/t12-,24-/m0/s1. The molecule has 0 saturated heterocycles. The molecule has 2 atom stereocenters. The van der Waals surface area contributed by atoms with Gasteiger partial charge in [0.05, 0.1) is 17.7 Å². The van der Waals surface area contributed by atoms with Crippen molar-refractivity contribution < 1.29 is 23.0 Å². The molecular formula is C24H21ClF2N2O3. The van der Waals surface area contributed by atoms with Crippen molar-refractivity contribution in [3.8, 4) is 22.6 Å². The van der Waals surface area contributed by atoms with Crippen LogP contribution in [0.4, 0.5) is 8.78 Å². The number of carbonyl (C=O) groups excluding carboxylic acids is 1. The summed E-state index contributed by atoms with van der Waals surface area (Å²) in [6, 6.07) is 13.0. The van der Waals surface area contributed by atoms with Gasteiger partial charge in [0.15, 0.2) is 17.2 Å². The largest absolute Gasteiger partial charge is 0.494 e. The molecule has 1 amide bonds. The molecule has 0 spiro atoms. The van der Waals surface area contributed by atoms with Crippen molar-refractivity contribution in [2.75, 3.05) is 13.7 Å². The van der Waals surface area contributed by atoms with Crippen LogP contribution in [-0.4, -0.2) is 19.6 Å². The van der Waals surface area contributed by atoms with Crippen LogP contribution in [0.1, 0.15) is 34.3 Å². The van der Waals surface area contributed by atoms with E-state index in [0.29, 0.717) is 5.56 Å². The van der Waals surface area contributed by atoms with Gasteiger partial charge in [0.1, 0.15) is 11.6 Å². The molecule has 0 fully saturated rings. The first-order valence-electron chi connectivity index (χ1n) is 9.90. The number of halogens is 3. The molecule has 0 unspecified atom stereocenters. The summed E-state index contributed by atoms with van der Waals surface area (Å²) in [6.45, 7) is 1.90. The molecule has 166 valence electrons. The van der Waals surface area contributed by atoms with E-state index in [-0.39, 0.29) is 39.8 Å². The summed E-state index contributed by atoms with van der Waals surface area (Å²) in [5.41, 5.74) is 11.4. The van der Waals surface area contributed by atoms with Crippen LogP contribution in [0.15, 0.2) is 48.5 Å². The third-order valence-corrected chi connectivity index (χ3v) is 6.42. The number of fused-ring (bicyclic) bond motifs is 1. The van der Waals surface area contributed by atoms with E-state index in [1.54, 1.807) is 0 Å². The molecule has 4 N–H and O–H groups in total. The SMILES string of the molecule is COc1ccc(C(N)=O)c(-c2c(Cl)c(F)cc3c2[C@H](C)[C@@](CN)(c2ccccc2)O3)c1F. The fourth-order valence-electron chi connectivity index (χ4n) is 4.42. The fraction of sp³-hybridized carbons (Fsp3) is 0.208. The van der Waals surface area contributed by atoms with Gasteiger partial charge in [-0.2, -0.15) is 0 Å². The molecule has 3 aromatic rings. The van der Waals surface area contributed by atoms with Gasteiger partial charge in [-0.3, -0.25) is 4.79 Å². The van der Waals surface area contributed by atoms with Gasteiger partial charge in [0.25, 0.3) is 0 Å². The van der Waals surface area contributed by atoms with Crippen LogP contribution in [-0.2, 0) is 5.60 Å². The summed E-state index contributed by atoms with van der Waals surface area (Å²) >= 11 is 6.38. The molecule has 0 saturated carbocycles. The van der Waals surface area contributed by atoms with Gasteiger partial charge in [0, 0.05) is 35.2 Å². The number of primary amides is 1. The van der Waals surface area contributed by atoms with E-state index in [4.69, 9.17) is 32.5 Å².